The molecule has 0 spiro atoms. The summed E-state index contributed by atoms with van der Waals surface area (Å²) in [6.45, 7) is 0. The third-order valence-electron chi connectivity index (χ3n) is 2.93. The largest absolute Gasteiger partial charge is 0.393 e. The molecule has 0 saturated carbocycles. The molecule has 0 fully saturated rings. The molecule has 6 nitrogen and oxygen atoms in total. The van der Waals surface area contributed by atoms with E-state index in [1.165, 1.54) is 30.3 Å². The molecular weight excluding hydrogens is 265 g/mol. The molecule has 1 aromatic heterocycles. The molecule has 0 saturated heterocycles. The molecule has 2 N–H and O–H groups in total. The monoisotopic (exact) mass is 273 g/mol. The van der Waals surface area contributed by atoms with E-state index in [0.29, 0.717) is 22.2 Å². The van der Waals surface area contributed by atoms with Crippen molar-refractivity contribution in [1.29, 1.82) is 0 Å². The lowest BCUT2D eigenvalue weighted by atomic mass is 10.1. The minimum absolute atomic E-state index is 0.0635. The standard InChI is InChI=1S/C13H8FN3O3/c14-8-2-3-9-11(6-8)16-20-13(9)7-1-4-10(15)12(5-7)17(18)19/h1-6H,15H2. The summed E-state index contributed by atoms with van der Waals surface area (Å²) in [5.41, 5.74) is 6.19. The molecule has 7 heteroatoms. The van der Waals surface area contributed by atoms with Crippen LogP contribution in [0.3, 0.4) is 0 Å². The summed E-state index contributed by atoms with van der Waals surface area (Å²) in [7, 11) is 0. The van der Waals surface area contributed by atoms with Crippen molar-refractivity contribution < 1.29 is 13.8 Å². The minimum atomic E-state index is -0.572. The number of aromatic nitrogens is 1. The van der Waals surface area contributed by atoms with E-state index in [1.54, 1.807) is 6.07 Å². The Hall–Kier alpha value is -2.96. The first-order valence-electron chi connectivity index (χ1n) is 5.65. The van der Waals surface area contributed by atoms with Crippen molar-refractivity contribution in [3.05, 3.63) is 52.3 Å². The predicted octanol–water partition coefficient (Wildman–Crippen LogP) is 3.12. The van der Waals surface area contributed by atoms with Crippen LogP contribution in [0.25, 0.3) is 22.2 Å². The number of rotatable bonds is 2. The van der Waals surface area contributed by atoms with Gasteiger partial charge in [0.05, 0.1) is 4.92 Å². The first-order valence-corrected chi connectivity index (χ1v) is 5.65. The van der Waals surface area contributed by atoms with Crippen LogP contribution < -0.4 is 5.73 Å². The maximum Gasteiger partial charge on any atom is 0.292 e. The fourth-order valence-electron chi connectivity index (χ4n) is 1.97. The Kier molecular flexibility index (Phi) is 2.60. The van der Waals surface area contributed by atoms with Gasteiger partial charge in [-0.1, -0.05) is 5.16 Å². The van der Waals surface area contributed by atoms with Crippen molar-refractivity contribution >= 4 is 22.3 Å². The van der Waals surface area contributed by atoms with Gasteiger partial charge < -0.3 is 10.3 Å². The first kappa shape index (κ1) is 12.1. The Morgan fingerprint density at radius 1 is 1.25 bits per heavy atom. The summed E-state index contributed by atoms with van der Waals surface area (Å²) in [4.78, 5) is 10.3. The van der Waals surface area contributed by atoms with Crippen molar-refractivity contribution in [2.24, 2.45) is 0 Å². The van der Waals surface area contributed by atoms with Crippen LogP contribution in [0, 0.1) is 15.9 Å². The van der Waals surface area contributed by atoms with Crippen molar-refractivity contribution in [3.8, 4) is 11.3 Å². The van der Waals surface area contributed by atoms with Gasteiger partial charge in [-0.2, -0.15) is 0 Å². The number of nitro benzene ring substituents is 1. The molecule has 3 rings (SSSR count). The molecule has 20 heavy (non-hydrogen) atoms. The lowest BCUT2D eigenvalue weighted by molar-refractivity contribution is -0.383. The molecule has 0 amide bonds. The lowest BCUT2D eigenvalue weighted by Gasteiger charge is -2.00. The third kappa shape index (κ3) is 1.85. The van der Waals surface area contributed by atoms with E-state index in [2.05, 4.69) is 5.16 Å². The Labute approximate surface area is 111 Å². The molecule has 0 unspecified atom stereocenters. The second-order valence-electron chi connectivity index (χ2n) is 4.20. The summed E-state index contributed by atoms with van der Waals surface area (Å²) in [6.07, 6.45) is 0. The van der Waals surface area contributed by atoms with Gasteiger partial charge in [0, 0.05) is 23.1 Å². The molecule has 0 aliphatic rings. The summed E-state index contributed by atoms with van der Waals surface area (Å²) in [5, 5.41) is 15.2. The number of fused-ring (bicyclic) bond motifs is 1. The number of hydrogen-bond acceptors (Lipinski definition) is 5. The smallest absolute Gasteiger partial charge is 0.292 e. The summed E-state index contributed by atoms with van der Waals surface area (Å²) in [6, 6.07) is 8.33. The van der Waals surface area contributed by atoms with E-state index in [4.69, 9.17) is 10.3 Å². The summed E-state index contributed by atoms with van der Waals surface area (Å²) >= 11 is 0. The van der Waals surface area contributed by atoms with Gasteiger partial charge in [-0.05, 0) is 24.3 Å². The highest BCUT2D eigenvalue weighted by molar-refractivity contribution is 5.92. The molecular formula is C13H8FN3O3. The van der Waals surface area contributed by atoms with Gasteiger partial charge in [0.2, 0.25) is 0 Å². The molecule has 3 aromatic rings. The highest BCUT2D eigenvalue weighted by atomic mass is 19.1. The fraction of sp³-hybridized carbons (Fsp3) is 0. The minimum Gasteiger partial charge on any atom is -0.393 e. The van der Waals surface area contributed by atoms with Crippen molar-refractivity contribution in [3.63, 3.8) is 0 Å². The molecule has 0 radical (unpaired) electrons. The lowest BCUT2D eigenvalue weighted by Crippen LogP contribution is -1.95. The van der Waals surface area contributed by atoms with E-state index in [-0.39, 0.29) is 11.4 Å². The maximum absolute atomic E-state index is 13.1. The number of benzene rings is 2. The van der Waals surface area contributed by atoms with Crippen molar-refractivity contribution in [1.82, 2.24) is 5.16 Å². The first-order chi connectivity index (χ1) is 9.56. The Balaban J connectivity index is 2.21. The molecule has 0 bridgehead atoms. The van der Waals surface area contributed by atoms with Gasteiger partial charge in [0.25, 0.3) is 5.69 Å². The van der Waals surface area contributed by atoms with Crippen molar-refractivity contribution in [2.45, 2.75) is 0 Å². The zero-order valence-corrected chi connectivity index (χ0v) is 10.0. The zero-order chi connectivity index (χ0) is 14.3. The average molecular weight is 273 g/mol. The second kappa shape index (κ2) is 4.30. The Morgan fingerprint density at radius 3 is 2.80 bits per heavy atom. The van der Waals surface area contributed by atoms with Gasteiger partial charge in [0.1, 0.15) is 17.0 Å². The SMILES string of the molecule is Nc1ccc(-c2onc3cc(F)ccc23)cc1[N+](=O)[O-]. The molecule has 1 heterocycles. The highest BCUT2D eigenvalue weighted by Gasteiger charge is 2.17. The number of nitrogens with two attached hydrogens (primary N) is 1. The van der Waals surface area contributed by atoms with E-state index in [1.807, 2.05) is 0 Å². The fourth-order valence-corrected chi connectivity index (χ4v) is 1.97. The van der Waals surface area contributed by atoms with Gasteiger partial charge in [0.15, 0.2) is 5.76 Å². The van der Waals surface area contributed by atoms with Crippen LogP contribution in [-0.4, -0.2) is 10.1 Å². The topological polar surface area (TPSA) is 95.2 Å². The molecule has 2 aromatic carbocycles. The van der Waals surface area contributed by atoms with E-state index >= 15 is 0 Å². The van der Waals surface area contributed by atoms with Crippen LogP contribution >= 0.6 is 0 Å². The molecule has 100 valence electrons. The molecule has 0 atom stereocenters. The van der Waals surface area contributed by atoms with Gasteiger partial charge in [-0.3, -0.25) is 10.1 Å². The summed E-state index contributed by atoms with van der Waals surface area (Å²) < 4.78 is 18.2. The Morgan fingerprint density at radius 2 is 2.05 bits per heavy atom. The Bertz CT molecular complexity index is 829. The third-order valence-corrected chi connectivity index (χ3v) is 2.93. The number of nitrogen functional groups attached to an aromatic ring is 1. The highest BCUT2D eigenvalue weighted by Crippen LogP contribution is 2.33. The van der Waals surface area contributed by atoms with Crippen LogP contribution in [0.15, 0.2) is 40.9 Å². The number of halogens is 1. The van der Waals surface area contributed by atoms with Gasteiger partial charge >= 0.3 is 0 Å². The second-order valence-corrected chi connectivity index (χ2v) is 4.20. The number of nitrogens with zero attached hydrogens (tertiary/aromatic N) is 2. The predicted molar refractivity (Wildman–Crippen MR) is 70.5 cm³/mol. The van der Waals surface area contributed by atoms with E-state index < -0.39 is 10.7 Å². The number of anilines is 1. The number of nitro groups is 1. The maximum atomic E-state index is 13.1. The van der Waals surface area contributed by atoms with E-state index in [0.717, 1.165) is 0 Å². The van der Waals surface area contributed by atoms with E-state index in [9.17, 15) is 14.5 Å². The van der Waals surface area contributed by atoms with Crippen LogP contribution in [0.5, 0.6) is 0 Å². The number of hydrogen-bond donors (Lipinski definition) is 1. The molecule has 0 aliphatic carbocycles. The zero-order valence-electron chi connectivity index (χ0n) is 10.0. The normalized spacial score (nSPS) is 10.8. The molecule has 0 aliphatic heterocycles. The quantitative estimate of drug-likeness (QED) is 0.439. The average Bonchev–Trinajstić information content (AvgIpc) is 2.82. The van der Waals surface area contributed by atoms with Crippen LogP contribution in [0.2, 0.25) is 0 Å². The van der Waals surface area contributed by atoms with Crippen LogP contribution in [0.4, 0.5) is 15.8 Å². The van der Waals surface area contributed by atoms with Gasteiger partial charge in [-0.25, -0.2) is 4.39 Å². The van der Waals surface area contributed by atoms with Crippen LogP contribution in [0.1, 0.15) is 0 Å². The summed E-state index contributed by atoms with van der Waals surface area (Å²) in [5.74, 6) is -0.0938. The van der Waals surface area contributed by atoms with Crippen molar-refractivity contribution in [2.75, 3.05) is 5.73 Å². The van der Waals surface area contributed by atoms with Gasteiger partial charge in [-0.15, -0.1) is 0 Å². The van der Waals surface area contributed by atoms with Crippen LogP contribution in [-0.2, 0) is 0 Å².